The zero-order valence-electron chi connectivity index (χ0n) is 11.0. The Bertz CT molecular complexity index is 757. The van der Waals surface area contributed by atoms with Crippen LogP contribution >= 0.6 is 23.2 Å². The smallest absolute Gasteiger partial charge is 0.266 e. The van der Waals surface area contributed by atoms with Crippen molar-refractivity contribution in [2.45, 2.75) is 6.92 Å². The van der Waals surface area contributed by atoms with Gasteiger partial charge in [0, 0.05) is 11.1 Å². The van der Waals surface area contributed by atoms with Gasteiger partial charge in [-0.1, -0.05) is 23.2 Å². The number of nitrogens with zero attached hydrogens (tertiary/aromatic N) is 1. The summed E-state index contributed by atoms with van der Waals surface area (Å²) < 4.78 is 5.30. The van der Waals surface area contributed by atoms with E-state index in [4.69, 9.17) is 32.9 Å². The van der Waals surface area contributed by atoms with Gasteiger partial charge >= 0.3 is 0 Å². The van der Waals surface area contributed by atoms with Gasteiger partial charge < -0.3 is 9.73 Å². The lowest BCUT2D eigenvalue weighted by Gasteiger charge is -2.06. The third kappa shape index (κ3) is 3.88. The van der Waals surface area contributed by atoms with Gasteiger partial charge in [-0.2, -0.15) is 5.26 Å². The van der Waals surface area contributed by atoms with Crippen molar-refractivity contribution in [3.05, 3.63) is 57.5 Å². The molecule has 1 heterocycles. The highest BCUT2D eigenvalue weighted by Gasteiger charge is 2.12. The van der Waals surface area contributed by atoms with Crippen LogP contribution in [-0.2, 0) is 4.79 Å². The van der Waals surface area contributed by atoms with Crippen LogP contribution in [0.25, 0.3) is 6.08 Å². The summed E-state index contributed by atoms with van der Waals surface area (Å²) in [5, 5.41) is 12.4. The first-order valence-corrected chi connectivity index (χ1v) is 6.70. The fourth-order valence-electron chi connectivity index (χ4n) is 1.60. The minimum atomic E-state index is -0.573. The van der Waals surface area contributed by atoms with Crippen molar-refractivity contribution in [2.75, 3.05) is 5.32 Å². The number of amides is 1. The first-order chi connectivity index (χ1) is 9.99. The lowest BCUT2D eigenvalue weighted by molar-refractivity contribution is -0.112. The Morgan fingerprint density at radius 1 is 1.33 bits per heavy atom. The molecule has 0 aliphatic heterocycles. The number of hydrogen-bond donors (Lipinski definition) is 1. The zero-order chi connectivity index (χ0) is 15.4. The van der Waals surface area contributed by atoms with Gasteiger partial charge in [-0.25, -0.2) is 0 Å². The molecule has 6 heteroatoms. The van der Waals surface area contributed by atoms with Gasteiger partial charge in [0.1, 0.15) is 23.2 Å². The van der Waals surface area contributed by atoms with E-state index in [1.54, 1.807) is 31.2 Å². The van der Waals surface area contributed by atoms with Gasteiger partial charge in [0.25, 0.3) is 5.91 Å². The molecule has 0 aliphatic carbocycles. The van der Waals surface area contributed by atoms with E-state index in [-0.39, 0.29) is 5.57 Å². The summed E-state index contributed by atoms with van der Waals surface area (Å²) in [6, 6.07) is 9.91. The fraction of sp³-hybridized carbons (Fsp3) is 0.0667. The van der Waals surface area contributed by atoms with Crippen LogP contribution in [0.1, 0.15) is 11.5 Å². The largest absolute Gasteiger partial charge is 0.462 e. The van der Waals surface area contributed by atoms with Crippen LogP contribution in [0, 0.1) is 18.3 Å². The number of nitrogens with one attached hydrogen (secondary N) is 1. The van der Waals surface area contributed by atoms with Crippen molar-refractivity contribution in [3.63, 3.8) is 0 Å². The summed E-state index contributed by atoms with van der Waals surface area (Å²) >= 11 is 11.7. The van der Waals surface area contributed by atoms with Gasteiger partial charge in [0.05, 0.1) is 10.7 Å². The molecule has 0 spiro atoms. The fourth-order valence-corrected chi connectivity index (χ4v) is 2.06. The topological polar surface area (TPSA) is 66.0 Å². The van der Waals surface area contributed by atoms with E-state index in [0.717, 1.165) is 0 Å². The Balaban J connectivity index is 2.21. The molecule has 0 aliphatic rings. The minimum absolute atomic E-state index is 0.0876. The standard InChI is InChI=1S/C15H10Cl2N2O2/c1-9-2-4-12(21-9)6-10(8-18)15(20)19-14-5-3-11(16)7-13(14)17/h2-7H,1H3,(H,19,20). The number of aryl methyl sites for hydroxylation is 1. The van der Waals surface area contributed by atoms with Crippen LogP contribution in [-0.4, -0.2) is 5.91 Å². The van der Waals surface area contributed by atoms with E-state index in [1.165, 1.54) is 12.1 Å². The molecule has 21 heavy (non-hydrogen) atoms. The predicted molar refractivity (Wildman–Crippen MR) is 82.1 cm³/mol. The van der Waals surface area contributed by atoms with Crippen LogP contribution < -0.4 is 5.32 Å². The van der Waals surface area contributed by atoms with Crippen LogP contribution in [0.4, 0.5) is 5.69 Å². The van der Waals surface area contributed by atoms with Crippen LogP contribution in [0.15, 0.2) is 40.3 Å². The number of rotatable bonds is 3. The average molecular weight is 321 g/mol. The Morgan fingerprint density at radius 3 is 2.67 bits per heavy atom. The van der Waals surface area contributed by atoms with Crippen LogP contribution in [0.5, 0.6) is 0 Å². The molecule has 1 amide bonds. The number of hydrogen-bond acceptors (Lipinski definition) is 3. The maximum atomic E-state index is 12.1. The molecule has 0 unspecified atom stereocenters. The summed E-state index contributed by atoms with van der Waals surface area (Å²) in [7, 11) is 0. The van der Waals surface area contributed by atoms with Gasteiger partial charge in [0.15, 0.2) is 0 Å². The van der Waals surface area contributed by atoms with Gasteiger partial charge in [-0.05, 0) is 37.3 Å². The van der Waals surface area contributed by atoms with Crippen molar-refractivity contribution >= 4 is 40.9 Å². The van der Waals surface area contributed by atoms with E-state index in [0.29, 0.717) is 27.3 Å². The zero-order valence-corrected chi connectivity index (χ0v) is 12.5. The minimum Gasteiger partial charge on any atom is -0.462 e. The number of carbonyl (C=O) groups is 1. The van der Waals surface area contributed by atoms with E-state index in [9.17, 15) is 4.79 Å². The highest BCUT2D eigenvalue weighted by atomic mass is 35.5. The summed E-state index contributed by atoms with van der Waals surface area (Å²) in [4.78, 5) is 12.1. The lowest BCUT2D eigenvalue weighted by Crippen LogP contribution is -2.13. The Hall–Kier alpha value is -2.22. The third-order valence-electron chi connectivity index (χ3n) is 2.59. The number of carbonyl (C=O) groups excluding carboxylic acids is 1. The van der Waals surface area contributed by atoms with Crippen molar-refractivity contribution in [1.82, 2.24) is 0 Å². The van der Waals surface area contributed by atoms with Gasteiger partial charge in [-0.3, -0.25) is 4.79 Å². The Morgan fingerprint density at radius 2 is 2.10 bits per heavy atom. The third-order valence-corrected chi connectivity index (χ3v) is 3.14. The van der Waals surface area contributed by atoms with Crippen molar-refractivity contribution in [3.8, 4) is 6.07 Å². The molecule has 4 nitrogen and oxygen atoms in total. The maximum absolute atomic E-state index is 12.1. The quantitative estimate of drug-likeness (QED) is 0.671. The lowest BCUT2D eigenvalue weighted by atomic mass is 10.2. The molecule has 1 aromatic carbocycles. The molecule has 2 rings (SSSR count). The molecular formula is C15H10Cl2N2O2. The number of anilines is 1. The summed E-state index contributed by atoms with van der Waals surface area (Å²) in [5.41, 5.74) is 0.290. The number of nitriles is 1. The SMILES string of the molecule is Cc1ccc(C=C(C#N)C(=O)Nc2ccc(Cl)cc2Cl)o1. The molecule has 2 aromatic rings. The highest BCUT2D eigenvalue weighted by molar-refractivity contribution is 6.36. The van der Waals surface area contributed by atoms with Crippen molar-refractivity contribution < 1.29 is 9.21 Å². The molecule has 1 N–H and O–H groups in total. The van der Waals surface area contributed by atoms with E-state index in [2.05, 4.69) is 5.32 Å². The van der Waals surface area contributed by atoms with E-state index < -0.39 is 5.91 Å². The second-order valence-electron chi connectivity index (χ2n) is 4.20. The monoisotopic (exact) mass is 320 g/mol. The van der Waals surface area contributed by atoms with Crippen LogP contribution in [0.2, 0.25) is 10.0 Å². The van der Waals surface area contributed by atoms with Crippen molar-refractivity contribution in [2.24, 2.45) is 0 Å². The average Bonchev–Trinajstić information content (AvgIpc) is 2.84. The molecule has 1 aromatic heterocycles. The van der Waals surface area contributed by atoms with E-state index >= 15 is 0 Å². The molecule has 0 fully saturated rings. The van der Waals surface area contributed by atoms with Gasteiger partial charge in [0.2, 0.25) is 0 Å². The van der Waals surface area contributed by atoms with Gasteiger partial charge in [-0.15, -0.1) is 0 Å². The molecule has 0 saturated heterocycles. The molecular weight excluding hydrogens is 311 g/mol. The summed E-state index contributed by atoms with van der Waals surface area (Å²) in [5.74, 6) is 0.553. The molecule has 0 atom stereocenters. The normalized spacial score (nSPS) is 11.0. The summed E-state index contributed by atoms with van der Waals surface area (Å²) in [6.07, 6.45) is 1.37. The second kappa shape index (κ2) is 6.49. The maximum Gasteiger partial charge on any atom is 0.266 e. The second-order valence-corrected chi connectivity index (χ2v) is 5.04. The Labute approximate surface area is 131 Å². The number of benzene rings is 1. The Kier molecular flexibility index (Phi) is 4.69. The molecule has 0 saturated carbocycles. The number of halogens is 2. The summed E-state index contributed by atoms with van der Waals surface area (Å²) in [6.45, 7) is 1.77. The van der Waals surface area contributed by atoms with Crippen molar-refractivity contribution in [1.29, 1.82) is 5.26 Å². The number of furan rings is 1. The molecule has 0 radical (unpaired) electrons. The van der Waals surface area contributed by atoms with Crippen LogP contribution in [0.3, 0.4) is 0 Å². The highest BCUT2D eigenvalue weighted by Crippen LogP contribution is 2.25. The first kappa shape index (κ1) is 15.2. The van der Waals surface area contributed by atoms with E-state index in [1.807, 2.05) is 6.07 Å². The molecule has 106 valence electrons. The first-order valence-electron chi connectivity index (χ1n) is 5.94. The molecule has 0 bridgehead atoms. The predicted octanol–water partition coefficient (Wildman–Crippen LogP) is 4.44.